The Balaban J connectivity index is 1.88. The summed E-state index contributed by atoms with van der Waals surface area (Å²) in [5, 5.41) is 32.9. The van der Waals surface area contributed by atoms with Gasteiger partial charge in [0, 0.05) is 28.7 Å². The summed E-state index contributed by atoms with van der Waals surface area (Å²) >= 11 is 19.4. The van der Waals surface area contributed by atoms with Crippen molar-refractivity contribution in [3.63, 3.8) is 0 Å². The molecule has 0 unspecified atom stereocenters. The number of phenolic OH excluding ortho intramolecular Hbond substituents is 2. The lowest BCUT2D eigenvalue weighted by atomic mass is 9.52. The molecule has 5 rings (SSSR count). The molecule has 0 amide bonds. The highest BCUT2D eigenvalue weighted by Gasteiger charge is 2.64. The fourth-order valence-electron chi connectivity index (χ4n) is 6.43. The van der Waals surface area contributed by atoms with Crippen LogP contribution < -0.4 is 14.2 Å². The van der Waals surface area contributed by atoms with E-state index in [4.69, 9.17) is 49.0 Å². The third-order valence-corrected chi connectivity index (χ3v) is 9.59. The number of halogens is 3. The number of methoxy groups -OCH3 is 3. The maximum Gasteiger partial charge on any atom is 0.206 e. The highest BCUT2D eigenvalue weighted by Crippen LogP contribution is 2.60. The minimum Gasteiger partial charge on any atom is -0.505 e. The molecule has 0 spiro atoms. The zero-order valence-electron chi connectivity index (χ0n) is 23.0. The standard InChI is InChI=1S/C30H27Cl3O8/c1-11-7-12(39-4)8-15(40-5)18(11)13-9-16(41-6)22(31)14-10-17-29(2,3)21-20(25(34)24(33)26(35)23(21)32)28(37)30(17,38)27(36)19(13)14/h7-9,17,34-35,38H,10H2,1-6H3/t17-,30-/m1/s1. The molecule has 2 atom stereocenters. The van der Waals surface area contributed by atoms with Crippen LogP contribution in [-0.2, 0) is 11.8 Å². The monoisotopic (exact) mass is 620 g/mol. The summed E-state index contributed by atoms with van der Waals surface area (Å²) < 4.78 is 16.6. The van der Waals surface area contributed by atoms with E-state index in [0.29, 0.717) is 33.8 Å². The highest BCUT2D eigenvalue weighted by molar-refractivity contribution is 6.41. The number of ether oxygens (including phenoxy) is 3. The molecule has 11 heteroatoms. The lowest BCUT2D eigenvalue weighted by Crippen LogP contribution is -2.64. The number of rotatable bonds is 4. The van der Waals surface area contributed by atoms with Gasteiger partial charge < -0.3 is 29.5 Å². The topological polar surface area (TPSA) is 123 Å². The smallest absolute Gasteiger partial charge is 0.206 e. The van der Waals surface area contributed by atoms with Gasteiger partial charge in [0.25, 0.3) is 0 Å². The molecule has 3 N–H and O–H groups in total. The van der Waals surface area contributed by atoms with Crippen LogP contribution in [0.4, 0.5) is 0 Å². The van der Waals surface area contributed by atoms with Crippen molar-refractivity contribution in [1.29, 1.82) is 0 Å². The number of aliphatic hydroxyl groups is 1. The van der Waals surface area contributed by atoms with Crippen LogP contribution >= 0.6 is 34.8 Å². The zero-order chi connectivity index (χ0) is 30.3. The third kappa shape index (κ3) is 3.77. The molecule has 0 bridgehead atoms. The summed E-state index contributed by atoms with van der Waals surface area (Å²) in [6.07, 6.45) is -0.0449. The summed E-state index contributed by atoms with van der Waals surface area (Å²) in [6, 6.07) is 4.98. The average Bonchev–Trinajstić information content (AvgIpc) is 2.94. The molecule has 0 saturated heterocycles. The van der Waals surface area contributed by atoms with Gasteiger partial charge in [-0.05, 0) is 47.6 Å². The van der Waals surface area contributed by atoms with Crippen LogP contribution in [0.2, 0.25) is 15.1 Å². The third-order valence-electron chi connectivity index (χ3n) is 8.45. The van der Waals surface area contributed by atoms with Crippen LogP contribution in [0.3, 0.4) is 0 Å². The first kappa shape index (κ1) is 29.3. The number of benzene rings is 3. The molecule has 0 fully saturated rings. The van der Waals surface area contributed by atoms with Gasteiger partial charge in [-0.2, -0.15) is 0 Å². The number of aromatic hydroxyl groups is 2. The predicted molar refractivity (Wildman–Crippen MR) is 155 cm³/mol. The minimum atomic E-state index is -2.63. The molecule has 0 radical (unpaired) electrons. The Kier molecular flexibility index (Phi) is 6.94. The van der Waals surface area contributed by atoms with Crippen LogP contribution in [-0.4, -0.2) is 53.8 Å². The molecule has 3 aromatic carbocycles. The Morgan fingerprint density at radius 3 is 2.00 bits per heavy atom. The molecular formula is C30H27Cl3O8. The molecule has 216 valence electrons. The molecule has 8 nitrogen and oxygen atoms in total. The second kappa shape index (κ2) is 9.70. The number of hydrogen-bond donors (Lipinski definition) is 3. The molecule has 2 aliphatic rings. The van der Waals surface area contributed by atoms with Crippen LogP contribution in [0, 0.1) is 12.8 Å². The number of fused-ring (bicyclic) bond motifs is 3. The number of ketones is 2. The van der Waals surface area contributed by atoms with Crippen molar-refractivity contribution in [1.82, 2.24) is 0 Å². The van der Waals surface area contributed by atoms with Gasteiger partial charge in [-0.25, -0.2) is 0 Å². The summed E-state index contributed by atoms with van der Waals surface area (Å²) in [5.74, 6) is -3.29. The van der Waals surface area contributed by atoms with Crippen LogP contribution in [0.15, 0.2) is 18.2 Å². The zero-order valence-corrected chi connectivity index (χ0v) is 25.3. The van der Waals surface area contributed by atoms with E-state index in [2.05, 4.69) is 0 Å². The molecular weight excluding hydrogens is 595 g/mol. The van der Waals surface area contributed by atoms with Gasteiger partial charge in [0.1, 0.15) is 28.0 Å². The van der Waals surface area contributed by atoms with Gasteiger partial charge in [-0.1, -0.05) is 48.7 Å². The maximum atomic E-state index is 14.6. The molecule has 0 aliphatic heterocycles. The van der Waals surface area contributed by atoms with Crippen molar-refractivity contribution < 1.29 is 39.1 Å². The normalized spacial score (nSPS) is 20.7. The van der Waals surface area contributed by atoms with E-state index in [1.165, 1.54) is 21.3 Å². The maximum absolute atomic E-state index is 14.6. The molecule has 41 heavy (non-hydrogen) atoms. The van der Waals surface area contributed by atoms with Crippen molar-refractivity contribution in [3.8, 4) is 39.9 Å². The average molecular weight is 622 g/mol. The Hall–Kier alpha value is -3.17. The molecule has 0 saturated carbocycles. The summed E-state index contributed by atoms with van der Waals surface area (Å²) in [7, 11) is 4.43. The van der Waals surface area contributed by atoms with Crippen molar-refractivity contribution in [2.75, 3.05) is 21.3 Å². The number of carbonyl (C=O) groups is 2. The summed E-state index contributed by atoms with van der Waals surface area (Å²) in [6.45, 7) is 5.13. The molecule has 0 aromatic heterocycles. The van der Waals surface area contributed by atoms with Crippen LogP contribution in [0.25, 0.3) is 11.1 Å². The van der Waals surface area contributed by atoms with E-state index in [9.17, 15) is 24.9 Å². The van der Waals surface area contributed by atoms with Crippen molar-refractivity contribution >= 4 is 46.4 Å². The fourth-order valence-corrected chi connectivity index (χ4v) is 7.40. The van der Waals surface area contributed by atoms with E-state index in [-0.39, 0.29) is 33.3 Å². The van der Waals surface area contributed by atoms with Gasteiger partial charge in [0.05, 0.1) is 36.9 Å². The number of Topliss-reactive ketones (excluding diaryl/α,β-unsaturated/α-hetero) is 2. The number of aryl methyl sites for hydroxylation is 1. The fraction of sp³-hybridized carbons (Fsp3) is 0.333. The minimum absolute atomic E-state index is 0.0178. The number of carbonyl (C=O) groups excluding carboxylic acids is 2. The summed E-state index contributed by atoms with van der Waals surface area (Å²) in [5.41, 5.74) is -2.31. The molecule has 3 aromatic rings. The van der Waals surface area contributed by atoms with Crippen molar-refractivity contribution in [2.45, 2.75) is 38.2 Å². The first-order chi connectivity index (χ1) is 19.2. The Labute approximate surface area is 251 Å². The number of hydrogen-bond acceptors (Lipinski definition) is 8. The van der Waals surface area contributed by atoms with Gasteiger partial charge in [0.2, 0.25) is 11.6 Å². The largest absolute Gasteiger partial charge is 0.505 e. The molecule has 0 heterocycles. The van der Waals surface area contributed by atoms with E-state index >= 15 is 0 Å². The van der Waals surface area contributed by atoms with E-state index in [0.717, 1.165) is 0 Å². The van der Waals surface area contributed by atoms with E-state index in [1.807, 2.05) is 0 Å². The van der Waals surface area contributed by atoms with Gasteiger partial charge in [-0.3, -0.25) is 9.59 Å². The van der Waals surface area contributed by atoms with Crippen molar-refractivity contribution in [2.24, 2.45) is 5.92 Å². The second-order valence-electron chi connectivity index (χ2n) is 10.8. The number of phenols is 2. The van der Waals surface area contributed by atoms with E-state index < -0.39 is 50.6 Å². The predicted octanol–water partition coefficient (Wildman–Crippen LogP) is 6.32. The first-order valence-electron chi connectivity index (χ1n) is 12.6. The van der Waals surface area contributed by atoms with Gasteiger partial charge in [0.15, 0.2) is 11.4 Å². The Morgan fingerprint density at radius 1 is 0.805 bits per heavy atom. The summed E-state index contributed by atoms with van der Waals surface area (Å²) in [4.78, 5) is 28.7. The Morgan fingerprint density at radius 2 is 1.41 bits per heavy atom. The van der Waals surface area contributed by atoms with Gasteiger partial charge >= 0.3 is 0 Å². The lowest BCUT2D eigenvalue weighted by Gasteiger charge is -2.51. The Bertz CT molecular complexity index is 1680. The SMILES string of the molecule is COc1cc(C)c(-c2cc(OC)c(Cl)c3c2C(=O)[C@@]2(O)C(=O)c4c(O)c(Cl)c(O)c(Cl)c4C(C)(C)[C@H]2C3)c(OC)c1. The second-order valence-corrected chi connectivity index (χ2v) is 11.9. The highest BCUT2D eigenvalue weighted by atomic mass is 35.5. The van der Waals surface area contributed by atoms with Gasteiger partial charge in [-0.15, -0.1) is 0 Å². The van der Waals surface area contributed by atoms with Crippen LogP contribution in [0.1, 0.15) is 51.3 Å². The quantitative estimate of drug-likeness (QED) is 0.289. The lowest BCUT2D eigenvalue weighted by molar-refractivity contribution is -0.0202. The first-order valence-corrected chi connectivity index (χ1v) is 13.7. The molecule has 2 aliphatic carbocycles. The van der Waals surface area contributed by atoms with Crippen molar-refractivity contribution in [3.05, 3.63) is 61.1 Å². The van der Waals surface area contributed by atoms with Crippen LogP contribution in [0.5, 0.6) is 28.7 Å². The van der Waals surface area contributed by atoms with E-state index in [1.54, 1.807) is 39.0 Å².